The second kappa shape index (κ2) is 8.36. The predicted molar refractivity (Wildman–Crippen MR) is 117 cm³/mol. The lowest BCUT2D eigenvalue weighted by Gasteiger charge is -2.15. The average Bonchev–Trinajstić information content (AvgIpc) is 3.13. The van der Waals surface area contributed by atoms with E-state index in [1.165, 1.54) is 0 Å². The van der Waals surface area contributed by atoms with E-state index < -0.39 is 5.91 Å². The maximum absolute atomic E-state index is 13.0. The lowest BCUT2D eigenvalue weighted by Crippen LogP contribution is -2.28. The molecule has 31 heavy (non-hydrogen) atoms. The van der Waals surface area contributed by atoms with Crippen molar-refractivity contribution in [3.8, 4) is 0 Å². The van der Waals surface area contributed by atoms with E-state index in [1.54, 1.807) is 60.7 Å². The van der Waals surface area contributed by atoms with Crippen LogP contribution in [-0.2, 0) is 9.59 Å². The number of ketones is 1. The Morgan fingerprint density at radius 1 is 0.806 bits per heavy atom. The van der Waals surface area contributed by atoms with E-state index in [4.69, 9.17) is 0 Å². The van der Waals surface area contributed by atoms with Crippen LogP contribution in [0.15, 0.2) is 72.8 Å². The summed E-state index contributed by atoms with van der Waals surface area (Å²) in [7, 11) is 0. The summed E-state index contributed by atoms with van der Waals surface area (Å²) < 4.78 is 0. The molecule has 3 aromatic carbocycles. The van der Waals surface area contributed by atoms with E-state index in [-0.39, 0.29) is 30.4 Å². The van der Waals surface area contributed by atoms with Crippen LogP contribution < -0.4 is 10.2 Å². The fourth-order valence-electron chi connectivity index (χ4n) is 3.52. The van der Waals surface area contributed by atoms with Crippen molar-refractivity contribution in [3.05, 3.63) is 95.1 Å². The van der Waals surface area contributed by atoms with Crippen molar-refractivity contribution in [2.24, 2.45) is 0 Å². The van der Waals surface area contributed by atoms with Crippen LogP contribution >= 0.6 is 0 Å². The van der Waals surface area contributed by atoms with Crippen molar-refractivity contribution >= 4 is 34.9 Å². The zero-order valence-electron chi connectivity index (χ0n) is 16.9. The van der Waals surface area contributed by atoms with Crippen LogP contribution in [0.5, 0.6) is 0 Å². The number of imide groups is 1. The molecule has 1 fully saturated rings. The highest BCUT2D eigenvalue weighted by Crippen LogP contribution is 2.25. The van der Waals surface area contributed by atoms with Crippen LogP contribution in [0.25, 0.3) is 0 Å². The van der Waals surface area contributed by atoms with Gasteiger partial charge in [0, 0.05) is 29.5 Å². The highest BCUT2D eigenvalue weighted by Gasteiger charge is 2.30. The minimum absolute atomic E-state index is 0.180. The standard InChI is InChI=1S/C25H20N2O4/c1-16-7-12-21(20(15-16)24(30)17-5-3-2-4-6-17)26-25(31)18-8-10-19(11-9-18)27-22(28)13-14-23(27)29/h2-12,15H,13-14H2,1H3,(H,26,31). The Hall–Kier alpha value is -4.06. The van der Waals surface area contributed by atoms with Gasteiger partial charge in [0.25, 0.3) is 5.91 Å². The lowest BCUT2D eigenvalue weighted by atomic mass is 9.99. The Bertz CT molecular complexity index is 1170. The van der Waals surface area contributed by atoms with Gasteiger partial charge in [0.1, 0.15) is 0 Å². The zero-order valence-corrected chi connectivity index (χ0v) is 16.9. The molecular formula is C25H20N2O4. The predicted octanol–water partition coefficient (Wildman–Crippen LogP) is 4.13. The molecule has 0 aliphatic carbocycles. The fourth-order valence-corrected chi connectivity index (χ4v) is 3.52. The van der Waals surface area contributed by atoms with Gasteiger partial charge >= 0.3 is 0 Å². The molecule has 1 saturated heterocycles. The summed E-state index contributed by atoms with van der Waals surface area (Å²) in [5.41, 5.74) is 3.05. The molecule has 1 N–H and O–H groups in total. The lowest BCUT2D eigenvalue weighted by molar-refractivity contribution is -0.121. The third-order valence-corrected chi connectivity index (χ3v) is 5.14. The van der Waals surface area contributed by atoms with Gasteiger partial charge in [-0.1, -0.05) is 42.0 Å². The Labute approximate surface area is 179 Å². The van der Waals surface area contributed by atoms with Gasteiger partial charge in [-0.2, -0.15) is 0 Å². The van der Waals surface area contributed by atoms with Crippen molar-refractivity contribution < 1.29 is 19.2 Å². The van der Waals surface area contributed by atoms with Crippen molar-refractivity contribution in [2.45, 2.75) is 19.8 Å². The van der Waals surface area contributed by atoms with Crippen molar-refractivity contribution in [2.75, 3.05) is 10.2 Å². The van der Waals surface area contributed by atoms with Crippen LogP contribution in [0.2, 0.25) is 0 Å². The molecule has 3 amide bonds. The summed E-state index contributed by atoms with van der Waals surface area (Å²) >= 11 is 0. The Balaban J connectivity index is 1.57. The minimum atomic E-state index is -0.392. The Kier molecular flexibility index (Phi) is 5.45. The number of carbonyl (C=O) groups is 4. The van der Waals surface area contributed by atoms with Gasteiger partial charge in [0.15, 0.2) is 5.78 Å². The molecule has 0 atom stereocenters. The summed E-state index contributed by atoms with van der Waals surface area (Å²) in [5.74, 6) is -1.06. The number of benzene rings is 3. The molecule has 0 spiro atoms. The number of nitrogens with zero attached hydrogens (tertiary/aromatic N) is 1. The molecule has 0 radical (unpaired) electrons. The van der Waals surface area contributed by atoms with Gasteiger partial charge in [0.05, 0.1) is 11.4 Å². The van der Waals surface area contributed by atoms with E-state index in [0.29, 0.717) is 28.1 Å². The summed E-state index contributed by atoms with van der Waals surface area (Å²) in [4.78, 5) is 50.7. The van der Waals surface area contributed by atoms with Crippen molar-refractivity contribution in [1.82, 2.24) is 0 Å². The molecule has 0 unspecified atom stereocenters. The summed E-state index contributed by atoms with van der Waals surface area (Å²) in [6.07, 6.45) is 0.402. The van der Waals surface area contributed by atoms with Crippen molar-refractivity contribution in [3.63, 3.8) is 0 Å². The van der Waals surface area contributed by atoms with E-state index in [9.17, 15) is 19.2 Å². The number of anilines is 2. The molecule has 6 nitrogen and oxygen atoms in total. The van der Waals surface area contributed by atoms with E-state index in [0.717, 1.165) is 10.5 Å². The summed E-state index contributed by atoms with van der Waals surface area (Å²) in [5, 5.41) is 2.80. The first-order chi connectivity index (χ1) is 14.9. The zero-order chi connectivity index (χ0) is 22.0. The smallest absolute Gasteiger partial charge is 0.255 e. The third kappa shape index (κ3) is 4.14. The van der Waals surface area contributed by atoms with Crippen LogP contribution in [0.4, 0.5) is 11.4 Å². The first-order valence-electron chi connectivity index (χ1n) is 9.91. The number of rotatable bonds is 5. The first-order valence-corrected chi connectivity index (χ1v) is 9.91. The molecule has 0 aromatic heterocycles. The second-order valence-corrected chi connectivity index (χ2v) is 7.37. The van der Waals surface area contributed by atoms with Crippen LogP contribution in [-0.4, -0.2) is 23.5 Å². The molecule has 1 heterocycles. The first kappa shape index (κ1) is 20.2. The summed E-state index contributed by atoms with van der Waals surface area (Å²) in [6, 6.07) is 20.4. The molecule has 6 heteroatoms. The van der Waals surface area contributed by atoms with Crippen molar-refractivity contribution in [1.29, 1.82) is 0 Å². The van der Waals surface area contributed by atoms with Crippen LogP contribution in [0.3, 0.4) is 0 Å². The molecule has 4 rings (SSSR count). The maximum Gasteiger partial charge on any atom is 0.255 e. The monoisotopic (exact) mass is 412 g/mol. The van der Waals surface area contributed by atoms with Crippen LogP contribution in [0, 0.1) is 6.92 Å². The molecule has 154 valence electrons. The van der Waals surface area contributed by atoms with Gasteiger partial charge < -0.3 is 5.32 Å². The number of nitrogens with one attached hydrogen (secondary N) is 1. The quantitative estimate of drug-likeness (QED) is 0.504. The van der Waals surface area contributed by atoms with Gasteiger partial charge in [-0.05, 0) is 43.3 Å². The Morgan fingerprint density at radius 3 is 2.10 bits per heavy atom. The number of carbonyl (C=O) groups excluding carboxylic acids is 4. The summed E-state index contributed by atoms with van der Waals surface area (Å²) in [6.45, 7) is 1.88. The number of amides is 3. The molecule has 0 bridgehead atoms. The fraction of sp³-hybridized carbons (Fsp3) is 0.120. The topological polar surface area (TPSA) is 83.6 Å². The number of hydrogen-bond acceptors (Lipinski definition) is 4. The normalized spacial score (nSPS) is 13.4. The highest BCUT2D eigenvalue weighted by atomic mass is 16.2. The van der Waals surface area contributed by atoms with Gasteiger partial charge in [-0.3, -0.25) is 24.1 Å². The molecule has 3 aromatic rings. The highest BCUT2D eigenvalue weighted by molar-refractivity contribution is 6.20. The third-order valence-electron chi connectivity index (χ3n) is 5.14. The maximum atomic E-state index is 13.0. The van der Waals surface area contributed by atoms with Gasteiger partial charge in [-0.15, -0.1) is 0 Å². The largest absolute Gasteiger partial charge is 0.321 e. The molecular weight excluding hydrogens is 392 g/mol. The minimum Gasteiger partial charge on any atom is -0.321 e. The number of hydrogen-bond donors (Lipinski definition) is 1. The number of aryl methyl sites for hydroxylation is 1. The average molecular weight is 412 g/mol. The molecule has 1 aliphatic rings. The second-order valence-electron chi connectivity index (χ2n) is 7.37. The SMILES string of the molecule is Cc1ccc(NC(=O)c2ccc(N3C(=O)CCC3=O)cc2)c(C(=O)c2ccccc2)c1. The Morgan fingerprint density at radius 2 is 1.45 bits per heavy atom. The van der Waals surface area contributed by atoms with Gasteiger partial charge in [-0.25, -0.2) is 0 Å². The van der Waals surface area contributed by atoms with E-state index >= 15 is 0 Å². The van der Waals surface area contributed by atoms with E-state index in [1.807, 2.05) is 19.1 Å². The van der Waals surface area contributed by atoms with Crippen LogP contribution in [0.1, 0.15) is 44.7 Å². The molecule has 1 aliphatic heterocycles. The molecule has 0 saturated carbocycles. The van der Waals surface area contributed by atoms with E-state index in [2.05, 4.69) is 5.32 Å². The van der Waals surface area contributed by atoms with Gasteiger partial charge in [0.2, 0.25) is 11.8 Å².